The number of hydrogen-bond donors (Lipinski definition) is 2. The number of hydrogen-bond acceptors (Lipinski definition) is 6. The molecule has 1 fully saturated rings. The number of pyridine rings is 1. The average Bonchev–Trinajstić information content (AvgIpc) is 2.73. The summed E-state index contributed by atoms with van der Waals surface area (Å²) in [6.07, 6.45) is 1.77. The minimum absolute atomic E-state index is 0.204. The molecule has 8 nitrogen and oxygen atoms in total. The van der Waals surface area contributed by atoms with Gasteiger partial charge < -0.3 is 9.64 Å². The average molecular weight is 404 g/mol. The quantitative estimate of drug-likeness (QED) is 0.702. The molecule has 3 rings (SSSR count). The predicted octanol–water partition coefficient (Wildman–Crippen LogP) is 1.08. The number of rotatable bonds is 6. The van der Waals surface area contributed by atoms with Gasteiger partial charge in [-0.15, -0.1) is 0 Å². The van der Waals surface area contributed by atoms with Crippen molar-refractivity contribution in [1.82, 2.24) is 20.7 Å². The summed E-state index contributed by atoms with van der Waals surface area (Å²) >= 11 is 5.79. The first kappa shape index (κ1) is 19.9. The van der Waals surface area contributed by atoms with Crippen LogP contribution in [-0.4, -0.2) is 61.0 Å². The lowest BCUT2D eigenvalue weighted by Crippen LogP contribution is -2.52. The van der Waals surface area contributed by atoms with E-state index in [4.69, 9.17) is 16.3 Å². The number of nitrogens with one attached hydrogen (secondary N) is 2. The summed E-state index contributed by atoms with van der Waals surface area (Å²) in [6.45, 7) is 3.10. The van der Waals surface area contributed by atoms with E-state index in [1.165, 1.54) is 0 Å². The third kappa shape index (κ3) is 6.11. The minimum atomic E-state index is -0.441. The smallest absolute Gasteiger partial charge is 0.276 e. The largest absolute Gasteiger partial charge is 0.484 e. The van der Waals surface area contributed by atoms with E-state index < -0.39 is 5.91 Å². The van der Waals surface area contributed by atoms with Crippen LogP contribution in [0.15, 0.2) is 48.7 Å². The van der Waals surface area contributed by atoms with E-state index in [9.17, 15) is 9.59 Å². The molecule has 2 heterocycles. The van der Waals surface area contributed by atoms with Crippen LogP contribution in [0.5, 0.6) is 5.75 Å². The molecule has 9 heteroatoms. The third-order valence-corrected chi connectivity index (χ3v) is 4.49. The van der Waals surface area contributed by atoms with Crippen LogP contribution in [-0.2, 0) is 9.59 Å². The molecule has 0 saturated carbocycles. The normalized spacial score (nSPS) is 14.4. The lowest BCUT2D eigenvalue weighted by Gasteiger charge is -2.34. The van der Waals surface area contributed by atoms with Gasteiger partial charge in [-0.1, -0.05) is 17.7 Å². The fourth-order valence-electron chi connectivity index (χ4n) is 2.77. The zero-order valence-corrected chi connectivity index (χ0v) is 16.1. The number of hydrazine groups is 1. The van der Waals surface area contributed by atoms with Crippen LogP contribution in [0.4, 0.5) is 5.82 Å². The molecule has 1 aromatic carbocycles. The highest BCUT2D eigenvalue weighted by molar-refractivity contribution is 6.30. The standard InChI is InChI=1S/C19H22ClN5O3/c20-15-4-6-16(7-5-15)28-14-19(27)23-22-18(26)13-24-9-11-25(12-10-24)17-3-1-2-8-21-17/h1-8H,9-14H2,(H,22,26)(H,23,27). The van der Waals surface area contributed by atoms with E-state index >= 15 is 0 Å². The molecule has 0 atom stereocenters. The Morgan fingerprint density at radius 2 is 1.71 bits per heavy atom. The van der Waals surface area contributed by atoms with Gasteiger partial charge in [0.25, 0.3) is 11.8 Å². The minimum Gasteiger partial charge on any atom is -0.484 e. The number of benzene rings is 1. The first-order valence-corrected chi connectivity index (χ1v) is 9.32. The van der Waals surface area contributed by atoms with Gasteiger partial charge in [-0.05, 0) is 36.4 Å². The Kier molecular flexibility index (Phi) is 7.05. The van der Waals surface area contributed by atoms with E-state index in [-0.39, 0.29) is 19.1 Å². The van der Waals surface area contributed by atoms with Crippen molar-refractivity contribution in [3.05, 3.63) is 53.7 Å². The SMILES string of the molecule is O=C(COc1ccc(Cl)cc1)NNC(=O)CN1CCN(c2ccccn2)CC1. The van der Waals surface area contributed by atoms with Crippen LogP contribution in [0, 0.1) is 0 Å². The van der Waals surface area contributed by atoms with E-state index in [1.54, 1.807) is 30.5 Å². The summed E-state index contributed by atoms with van der Waals surface area (Å²) in [6, 6.07) is 12.5. The number of piperazine rings is 1. The lowest BCUT2D eigenvalue weighted by atomic mass is 10.3. The predicted molar refractivity (Wildman–Crippen MR) is 106 cm³/mol. The second-order valence-corrected chi connectivity index (χ2v) is 6.73. The molecular weight excluding hydrogens is 382 g/mol. The van der Waals surface area contributed by atoms with Crippen LogP contribution < -0.4 is 20.5 Å². The number of carbonyl (C=O) groups excluding carboxylic acids is 2. The van der Waals surface area contributed by atoms with Gasteiger partial charge >= 0.3 is 0 Å². The summed E-state index contributed by atoms with van der Waals surface area (Å²) in [5.74, 6) is 0.755. The summed E-state index contributed by atoms with van der Waals surface area (Å²) in [5, 5.41) is 0.588. The highest BCUT2D eigenvalue weighted by atomic mass is 35.5. The van der Waals surface area contributed by atoms with Crippen molar-refractivity contribution in [3.63, 3.8) is 0 Å². The molecule has 1 aromatic heterocycles. The molecule has 1 aliphatic heterocycles. The van der Waals surface area contributed by atoms with Crippen molar-refractivity contribution in [2.45, 2.75) is 0 Å². The first-order chi connectivity index (χ1) is 13.6. The molecule has 0 radical (unpaired) electrons. The Balaban J connectivity index is 1.32. The maximum atomic E-state index is 12.0. The van der Waals surface area contributed by atoms with Crippen molar-refractivity contribution >= 4 is 29.2 Å². The number of aromatic nitrogens is 1. The molecule has 0 unspecified atom stereocenters. The molecule has 0 aliphatic carbocycles. The number of amides is 2. The van der Waals surface area contributed by atoms with Crippen molar-refractivity contribution in [1.29, 1.82) is 0 Å². The summed E-state index contributed by atoms with van der Waals surface area (Å²) < 4.78 is 5.32. The number of halogens is 1. The first-order valence-electron chi connectivity index (χ1n) is 8.94. The Bertz CT molecular complexity index is 780. The van der Waals surface area contributed by atoms with Crippen LogP contribution in [0.3, 0.4) is 0 Å². The van der Waals surface area contributed by atoms with E-state index in [0.717, 1.165) is 32.0 Å². The van der Waals surface area contributed by atoms with Gasteiger partial charge in [0, 0.05) is 37.4 Å². The Morgan fingerprint density at radius 1 is 1.00 bits per heavy atom. The zero-order chi connectivity index (χ0) is 19.8. The van der Waals surface area contributed by atoms with Crippen LogP contribution in [0.1, 0.15) is 0 Å². The van der Waals surface area contributed by atoms with Crippen molar-refractivity contribution in [2.24, 2.45) is 0 Å². The third-order valence-electron chi connectivity index (χ3n) is 4.24. The van der Waals surface area contributed by atoms with Crippen LogP contribution in [0.25, 0.3) is 0 Å². The molecule has 2 N–H and O–H groups in total. The van der Waals surface area contributed by atoms with Gasteiger partial charge in [-0.3, -0.25) is 25.3 Å². The highest BCUT2D eigenvalue weighted by Crippen LogP contribution is 2.15. The number of ether oxygens (including phenoxy) is 1. The fraction of sp³-hybridized carbons (Fsp3) is 0.316. The van der Waals surface area contributed by atoms with Gasteiger partial charge in [0.15, 0.2) is 6.61 Å². The highest BCUT2D eigenvalue weighted by Gasteiger charge is 2.19. The van der Waals surface area contributed by atoms with E-state index in [0.29, 0.717) is 10.8 Å². The van der Waals surface area contributed by atoms with Gasteiger partial charge in [0.2, 0.25) is 0 Å². The maximum Gasteiger partial charge on any atom is 0.276 e. The fourth-order valence-corrected chi connectivity index (χ4v) is 2.90. The summed E-state index contributed by atoms with van der Waals surface area (Å²) in [7, 11) is 0. The van der Waals surface area contributed by atoms with Crippen LogP contribution in [0.2, 0.25) is 5.02 Å². The van der Waals surface area contributed by atoms with Crippen LogP contribution >= 0.6 is 11.6 Å². The molecule has 28 heavy (non-hydrogen) atoms. The molecule has 0 bridgehead atoms. The van der Waals surface area contributed by atoms with E-state index in [1.807, 2.05) is 23.1 Å². The number of nitrogens with zero attached hydrogens (tertiary/aromatic N) is 3. The van der Waals surface area contributed by atoms with Crippen molar-refractivity contribution < 1.29 is 14.3 Å². The molecule has 1 aliphatic rings. The second-order valence-electron chi connectivity index (χ2n) is 6.29. The topological polar surface area (TPSA) is 86.8 Å². The molecular formula is C19H22ClN5O3. The molecule has 2 amide bonds. The Hall–Kier alpha value is -2.84. The Morgan fingerprint density at radius 3 is 2.39 bits per heavy atom. The van der Waals surface area contributed by atoms with E-state index in [2.05, 4.69) is 20.7 Å². The zero-order valence-electron chi connectivity index (χ0n) is 15.3. The van der Waals surface area contributed by atoms with Gasteiger partial charge in [-0.25, -0.2) is 4.98 Å². The number of anilines is 1. The molecule has 2 aromatic rings. The summed E-state index contributed by atoms with van der Waals surface area (Å²) in [4.78, 5) is 32.4. The summed E-state index contributed by atoms with van der Waals surface area (Å²) in [5.41, 5.74) is 4.76. The van der Waals surface area contributed by atoms with Gasteiger partial charge in [0.1, 0.15) is 11.6 Å². The second kappa shape index (κ2) is 9.91. The Labute approximate surface area is 168 Å². The van der Waals surface area contributed by atoms with Gasteiger partial charge in [0.05, 0.1) is 6.54 Å². The van der Waals surface area contributed by atoms with Crippen molar-refractivity contribution in [3.8, 4) is 5.75 Å². The van der Waals surface area contributed by atoms with Crippen molar-refractivity contribution in [2.75, 3.05) is 44.2 Å². The lowest BCUT2D eigenvalue weighted by molar-refractivity contribution is -0.130. The molecule has 1 saturated heterocycles. The molecule has 0 spiro atoms. The molecule has 148 valence electrons. The monoisotopic (exact) mass is 403 g/mol. The van der Waals surface area contributed by atoms with Gasteiger partial charge in [-0.2, -0.15) is 0 Å². The number of carbonyl (C=O) groups is 2. The maximum absolute atomic E-state index is 12.0.